The molecule has 96 valence electrons. The first kappa shape index (κ1) is 14.0. The third kappa shape index (κ3) is 4.72. The monoisotopic (exact) mass is 269 g/mol. The summed E-state index contributed by atoms with van der Waals surface area (Å²) in [5, 5.41) is 0. The SMILES string of the molecule is Nc1ccc(S(=O)CCCC(F)(F)F)c(F)c1. The lowest BCUT2D eigenvalue weighted by Gasteiger charge is -2.06. The quantitative estimate of drug-likeness (QED) is 0.674. The molecule has 2 nitrogen and oxygen atoms in total. The smallest absolute Gasteiger partial charge is 0.389 e. The van der Waals surface area contributed by atoms with Gasteiger partial charge in [0.05, 0.1) is 15.7 Å². The molecular formula is C10H11F4NOS. The summed E-state index contributed by atoms with van der Waals surface area (Å²) < 4.78 is 60.3. The van der Waals surface area contributed by atoms with Crippen LogP contribution in [0.4, 0.5) is 23.2 Å². The molecule has 0 saturated carbocycles. The van der Waals surface area contributed by atoms with Crippen LogP contribution in [-0.2, 0) is 10.8 Å². The summed E-state index contributed by atoms with van der Waals surface area (Å²) in [6.07, 6.45) is -5.58. The zero-order valence-electron chi connectivity index (χ0n) is 8.76. The Morgan fingerprint density at radius 1 is 1.29 bits per heavy atom. The summed E-state index contributed by atoms with van der Waals surface area (Å²) in [6.45, 7) is 0. The molecule has 1 unspecified atom stereocenters. The van der Waals surface area contributed by atoms with Crippen LogP contribution >= 0.6 is 0 Å². The summed E-state index contributed by atoms with van der Waals surface area (Å²) in [5.41, 5.74) is 5.48. The maximum atomic E-state index is 13.3. The first-order chi connectivity index (χ1) is 7.79. The number of alkyl halides is 3. The van der Waals surface area contributed by atoms with Crippen molar-refractivity contribution in [2.45, 2.75) is 23.9 Å². The molecule has 17 heavy (non-hydrogen) atoms. The highest BCUT2D eigenvalue weighted by Gasteiger charge is 2.26. The number of hydrogen-bond acceptors (Lipinski definition) is 2. The molecule has 0 aromatic heterocycles. The molecule has 0 aliphatic carbocycles. The van der Waals surface area contributed by atoms with Gasteiger partial charge in [0.25, 0.3) is 0 Å². The molecule has 1 atom stereocenters. The molecule has 1 rings (SSSR count). The highest BCUT2D eigenvalue weighted by molar-refractivity contribution is 7.85. The predicted molar refractivity (Wildman–Crippen MR) is 57.4 cm³/mol. The van der Waals surface area contributed by atoms with Crippen molar-refractivity contribution in [3.8, 4) is 0 Å². The van der Waals surface area contributed by atoms with E-state index in [0.29, 0.717) is 0 Å². The Kier molecular flexibility index (Phi) is 4.50. The van der Waals surface area contributed by atoms with E-state index in [1.165, 1.54) is 12.1 Å². The fraction of sp³-hybridized carbons (Fsp3) is 0.400. The number of anilines is 1. The predicted octanol–water partition coefficient (Wildman–Crippen LogP) is 2.86. The van der Waals surface area contributed by atoms with E-state index >= 15 is 0 Å². The maximum Gasteiger partial charge on any atom is 0.389 e. The van der Waals surface area contributed by atoms with Crippen LogP contribution in [0.3, 0.4) is 0 Å². The van der Waals surface area contributed by atoms with E-state index in [2.05, 4.69) is 0 Å². The van der Waals surface area contributed by atoms with Gasteiger partial charge in [-0.05, 0) is 24.6 Å². The Labute approximate surface area is 98.3 Å². The van der Waals surface area contributed by atoms with Crippen LogP contribution in [0.2, 0.25) is 0 Å². The molecule has 7 heteroatoms. The minimum atomic E-state index is -4.27. The summed E-state index contributed by atoms with van der Waals surface area (Å²) >= 11 is 0. The molecule has 0 radical (unpaired) electrons. The number of hydrogen-bond donors (Lipinski definition) is 1. The summed E-state index contributed by atoms with van der Waals surface area (Å²) in [6, 6.07) is 3.59. The van der Waals surface area contributed by atoms with Crippen molar-refractivity contribution >= 4 is 16.5 Å². The third-order valence-electron chi connectivity index (χ3n) is 1.99. The van der Waals surface area contributed by atoms with E-state index in [4.69, 9.17) is 5.73 Å². The standard InChI is InChI=1S/C10H11F4NOS/c11-8-6-7(15)2-3-9(8)17(16)5-1-4-10(12,13)14/h2-3,6H,1,4-5,15H2. The van der Waals surface area contributed by atoms with Gasteiger partial charge in [-0.15, -0.1) is 0 Å². The molecule has 0 heterocycles. The number of nitrogen functional groups attached to an aromatic ring is 1. The third-order valence-corrected chi connectivity index (χ3v) is 3.47. The van der Waals surface area contributed by atoms with E-state index in [1.807, 2.05) is 0 Å². The Bertz CT molecular complexity index is 419. The van der Waals surface area contributed by atoms with Gasteiger partial charge in [-0.1, -0.05) is 0 Å². The summed E-state index contributed by atoms with van der Waals surface area (Å²) in [5.74, 6) is -0.976. The molecule has 1 aromatic carbocycles. The molecule has 0 spiro atoms. The first-order valence-electron chi connectivity index (χ1n) is 4.80. The van der Waals surface area contributed by atoms with E-state index in [-0.39, 0.29) is 22.8 Å². The van der Waals surface area contributed by atoms with Crippen LogP contribution < -0.4 is 5.73 Å². The summed E-state index contributed by atoms with van der Waals surface area (Å²) in [4.78, 5) is -0.110. The van der Waals surface area contributed by atoms with Gasteiger partial charge >= 0.3 is 6.18 Å². The number of benzene rings is 1. The minimum Gasteiger partial charge on any atom is -0.399 e. The molecule has 0 fully saturated rings. The van der Waals surface area contributed by atoms with E-state index < -0.39 is 29.2 Å². The average Bonchev–Trinajstić information content (AvgIpc) is 2.15. The molecule has 0 bridgehead atoms. The Hall–Kier alpha value is -1.11. The molecule has 2 N–H and O–H groups in total. The number of rotatable bonds is 4. The van der Waals surface area contributed by atoms with Crippen molar-refractivity contribution < 1.29 is 21.8 Å². The van der Waals surface area contributed by atoms with Crippen molar-refractivity contribution in [3.05, 3.63) is 24.0 Å². The van der Waals surface area contributed by atoms with Crippen LogP contribution in [0.5, 0.6) is 0 Å². The second-order valence-corrected chi connectivity index (χ2v) is 5.00. The lowest BCUT2D eigenvalue weighted by atomic mass is 10.3. The van der Waals surface area contributed by atoms with E-state index in [1.54, 1.807) is 0 Å². The average molecular weight is 269 g/mol. The molecule has 0 saturated heterocycles. The molecular weight excluding hydrogens is 258 g/mol. The lowest BCUT2D eigenvalue weighted by Crippen LogP contribution is -2.10. The second kappa shape index (κ2) is 5.48. The van der Waals surface area contributed by atoms with Crippen molar-refractivity contribution in [2.24, 2.45) is 0 Å². The highest BCUT2D eigenvalue weighted by atomic mass is 32.2. The van der Waals surface area contributed by atoms with Gasteiger partial charge in [0.2, 0.25) is 0 Å². The van der Waals surface area contributed by atoms with Gasteiger partial charge in [0, 0.05) is 17.9 Å². The Morgan fingerprint density at radius 2 is 1.94 bits per heavy atom. The minimum absolute atomic E-state index is 0.110. The molecule has 0 amide bonds. The van der Waals surface area contributed by atoms with Crippen molar-refractivity contribution in [1.29, 1.82) is 0 Å². The molecule has 1 aromatic rings. The lowest BCUT2D eigenvalue weighted by molar-refractivity contribution is -0.134. The van der Waals surface area contributed by atoms with Crippen molar-refractivity contribution in [1.82, 2.24) is 0 Å². The zero-order valence-corrected chi connectivity index (χ0v) is 9.58. The topological polar surface area (TPSA) is 43.1 Å². The van der Waals surface area contributed by atoms with Crippen molar-refractivity contribution in [2.75, 3.05) is 11.5 Å². The maximum absolute atomic E-state index is 13.3. The number of nitrogens with two attached hydrogens (primary N) is 1. The van der Waals surface area contributed by atoms with Crippen LogP contribution in [0, 0.1) is 5.82 Å². The molecule has 0 aliphatic heterocycles. The summed E-state index contributed by atoms with van der Waals surface area (Å²) in [7, 11) is -1.77. The van der Waals surface area contributed by atoms with E-state index in [0.717, 1.165) is 6.07 Å². The van der Waals surface area contributed by atoms with Gasteiger partial charge < -0.3 is 5.73 Å². The first-order valence-corrected chi connectivity index (χ1v) is 6.11. The second-order valence-electron chi connectivity index (χ2n) is 3.46. The van der Waals surface area contributed by atoms with Gasteiger partial charge in [-0.2, -0.15) is 13.2 Å². The van der Waals surface area contributed by atoms with Crippen LogP contribution in [0.15, 0.2) is 23.1 Å². The van der Waals surface area contributed by atoms with Gasteiger partial charge in [-0.25, -0.2) is 4.39 Å². The largest absolute Gasteiger partial charge is 0.399 e. The fourth-order valence-corrected chi connectivity index (χ4v) is 2.34. The normalized spacial score (nSPS) is 13.6. The van der Waals surface area contributed by atoms with Crippen LogP contribution in [-0.4, -0.2) is 16.1 Å². The Morgan fingerprint density at radius 3 is 2.47 bits per heavy atom. The Balaban J connectivity index is 2.59. The zero-order chi connectivity index (χ0) is 13.1. The number of halogens is 4. The highest BCUT2D eigenvalue weighted by Crippen LogP contribution is 2.23. The van der Waals surface area contributed by atoms with E-state index in [9.17, 15) is 21.8 Å². The molecule has 0 aliphatic rings. The van der Waals surface area contributed by atoms with Crippen LogP contribution in [0.25, 0.3) is 0 Å². The van der Waals surface area contributed by atoms with Crippen molar-refractivity contribution in [3.63, 3.8) is 0 Å². The van der Waals surface area contributed by atoms with Crippen LogP contribution in [0.1, 0.15) is 12.8 Å². The fourth-order valence-electron chi connectivity index (χ4n) is 1.22. The van der Waals surface area contributed by atoms with Gasteiger partial charge in [0.1, 0.15) is 5.82 Å². The van der Waals surface area contributed by atoms with Gasteiger partial charge in [0.15, 0.2) is 0 Å². The van der Waals surface area contributed by atoms with Gasteiger partial charge in [-0.3, -0.25) is 4.21 Å².